The number of carboxylic acids is 1. The van der Waals surface area contributed by atoms with Gasteiger partial charge < -0.3 is 25.2 Å². The molecule has 3 N–H and O–H groups in total. The molecule has 0 radical (unpaired) electrons. The molecule has 44 heavy (non-hydrogen) atoms. The van der Waals surface area contributed by atoms with Crippen molar-refractivity contribution < 1.29 is 32.7 Å². The molecule has 12 heteroatoms. The van der Waals surface area contributed by atoms with E-state index in [4.69, 9.17) is 21.5 Å². The minimum absolute atomic E-state index is 0.0618. The Morgan fingerprint density at radius 3 is 2.36 bits per heavy atom. The molecule has 1 aliphatic heterocycles. The molecule has 8 nitrogen and oxygen atoms in total. The number of carboxylic acid groups (broad SMARTS) is 1. The average Bonchev–Trinajstić information content (AvgIpc) is 3.39. The molecule has 4 rings (SSSR count). The average molecular weight is 637 g/mol. The summed E-state index contributed by atoms with van der Waals surface area (Å²) in [5.74, 6) is -2.99. The number of rotatable bonds is 9. The summed E-state index contributed by atoms with van der Waals surface area (Å²) in [4.78, 5) is 44.0. The van der Waals surface area contributed by atoms with Gasteiger partial charge in [-0.3, -0.25) is 9.59 Å². The maximum absolute atomic E-state index is 14.4. The smallest absolute Gasteiger partial charge is 0.475 e. The van der Waals surface area contributed by atoms with Gasteiger partial charge in [0.1, 0.15) is 6.04 Å². The number of para-hydroxylation sites is 1. The van der Waals surface area contributed by atoms with E-state index in [1.807, 2.05) is 68.3 Å². The van der Waals surface area contributed by atoms with Crippen LogP contribution in [-0.2, 0) is 20.8 Å². The number of carbonyl (C=O) groups is 3. The molecule has 0 spiro atoms. The Hall–Kier alpha value is -3.57. The summed E-state index contributed by atoms with van der Waals surface area (Å²) >= 11 is 6.35. The number of carbonyl (C=O) groups excluding carboxylic acids is 2. The zero-order valence-electron chi connectivity index (χ0n) is 25.5. The summed E-state index contributed by atoms with van der Waals surface area (Å²) in [6.45, 7) is 7.53. The second-order valence-electron chi connectivity index (χ2n) is 11.4. The van der Waals surface area contributed by atoms with Crippen LogP contribution in [0.1, 0.15) is 50.7 Å². The van der Waals surface area contributed by atoms with Gasteiger partial charge in [-0.15, -0.1) is 0 Å². The van der Waals surface area contributed by atoms with Crippen molar-refractivity contribution in [1.82, 2.24) is 15.2 Å². The van der Waals surface area contributed by atoms with Gasteiger partial charge in [-0.05, 0) is 74.7 Å². The van der Waals surface area contributed by atoms with E-state index in [9.17, 15) is 22.8 Å². The number of aromatic nitrogens is 1. The van der Waals surface area contributed by atoms with E-state index < -0.39 is 18.2 Å². The number of H-pyrrole nitrogens is 1. The number of nitrogens with zero attached hydrogens (tertiary/aromatic N) is 2. The second-order valence-corrected chi connectivity index (χ2v) is 11.9. The van der Waals surface area contributed by atoms with E-state index in [0.29, 0.717) is 11.6 Å². The number of benzene rings is 2. The SMILES string of the molecule is CCC(CC)C(=O)NC(C(=O)N1C[C@@H](CN(C)C)Cc2cc(Cl)ccc21)C(C)c1c[nH]c2ccccc12.O=C(O)C(F)(F)F. The highest BCUT2D eigenvalue weighted by Gasteiger charge is 2.39. The summed E-state index contributed by atoms with van der Waals surface area (Å²) in [6, 6.07) is 13.1. The molecule has 3 aromatic rings. The summed E-state index contributed by atoms with van der Waals surface area (Å²) in [5.41, 5.74) is 4.00. The van der Waals surface area contributed by atoms with E-state index in [1.165, 1.54) is 0 Å². The maximum atomic E-state index is 14.4. The first-order valence-corrected chi connectivity index (χ1v) is 15.0. The van der Waals surface area contributed by atoms with Gasteiger partial charge in [0.2, 0.25) is 11.8 Å². The van der Waals surface area contributed by atoms with E-state index >= 15 is 0 Å². The fourth-order valence-electron chi connectivity index (χ4n) is 5.71. The number of alkyl halides is 3. The van der Waals surface area contributed by atoms with Crippen molar-refractivity contribution in [2.45, 2.75) is 58.2 Å². The molecule has 2 unspecified atom stereocenters. The highest BCUT2D eigenvalue weighted by molar-refractivity contribution is 6.30. The molecule has 0 saturated heterocycles. The fourth-order valence-corrected chi connectivity index (χ4v) is 5.90. The topological polar surface area (TPSA) is 106 Å². The standard InChI is InChI=1S/C30H39ClN4O2.C2HF3O2/c1-6-21(7-2)29(36)33-28(19(3)25-16-32-26-11-9-8-10-24(25)26)30(37)35-18-20(17-34(4)5)14-22-15-23(31)12-13-27(22)35;3-2(4,5)1(6)7/h8-13,15-16,19-21,28,32H,6-7,14,17-18H2,1-5H3,(H,33,36);(H,6,7)/t19?,20-,28?;/m1./s1. The molecular weight excluding hydrogens is 597 g/mol. The predicted octanol–water partition coefficient (Wildman–Crippen LogP) is 6.25. The van der Waals surface area contributed by atoms with Crippen molar-refractivity contribution in [2.75, 3.05) is 32.1 Å². The van der Waals surface area contributed by atoms with Crippen LogP contribution in [-0.4, -0.2) is 72.2 Å². The Morgan fingerprint density at radius 2 is 1.77 bits per heavy atom. The van der Waals surface area contributed by atoms with E-state index in [-0.39, 0.29) is 29.6 Å². The van der Waals surface area contributed by atoms with Crippen LogP contribution in [0.15, 0.2) is 48.7 Å². The lowest BCUT2D eigenvalue weighted by Gasteiger charge is -2.39. The number of nitrogens with one attached hydrogen (secondary N) is 2. The molecule has 0 aliphatic carbocycles. The number of anilines is 1. The Balaban J connectivity index is 0.000000676. The quantitative estimate of drug-likeness (QED) is 0.258. The molecular formula is C32H40ClF3N4O4. The lowest BCUT2D eigenvalue weighted by Crippen LogP contribution is -2.55. The lowest BCUT2D eigenvalue weighted by molar-refractivity contribution is -0.192. The van der Waals surface area contributed by atoms with Crippen molar-refractivity contribution in [2.24, 2.45) is 11.8 Å². The van der Waals surface area contributed by atoms with E-state index in [2.05, 4.69) is 35.4 Å². The van der Waals surface area contributed by atoms with Crippen LogP contribution in [0.2, 0.25) is 5.02 Å². The molecule has 3 atom stereocenters. The third-order valence-corrected chi connectivity index (χ3v) is 8.18. The van der Waals surface area contributed by atoms with Crippen LogP contribution in [0.3, 0.4) is 0 Å². The summed E-state index contributed by atoms with van der Waals surface area (Å²) in [7, 11) is 4.11. The van der Waals surface area contributed by atoms with Crippen molar-refractivity contribution in [3.63, 3.8) is 0 Å². The van der Waals surface area contributed by atoms with Gasteiger partial charge in [0.15, 0.2) is 0 Å². The van der Waals surface area contributed by atoms with E-state index in [0.717, 1.165) is 53.5 Å². The highest BCUT2D eigenvalue weighted by atomic mass is 35.5. The van der Waals surface area contributed by atoms with Crippen LogP contribution >= 0.6 is 11.6 Å². The van der Waals surface area contributed by atoms with Crippen LogP contribution in [0.25, 0.3) is 10.9 Å². The minimum atomic E-state index is -5.08. The number of halogens is 4. The van der Waals surface area contributed by atoms with Crippen LogP contribution < -0.4 is 10.2 Å². The predicted molar refractivity (Wildman–Crippen MR) is 166 cm³/mol. The molecule has 240 valence electrons. The molecule has 1 aromatic heterocycles. The van der Waals surface area contributed by atoms with E-state index in [1.54, 1.807) is 0 Å². The Kier molecular flexibility index (Phi) is 11.9. The van der Waals surface area contributed by atoms with Crippen molar-refractivity contribution >= 4 is 46.0 Å². The number of aromatic amines is 1. The molecule has 2 amide bonds. The van der Waals surface area contributed by atoms with Crippen molar-refractivity contribution in [3.8, 4) is 0 Å². The number of amides is 2. The highest BCUT2D eigenvalue weighted by Crippen LogP contribution is 2.35. The Labute approximate surface area is 260 Å². The zero-order chi connectivity index (χ0) is 32.8. The monoisotopic (exact) mass is 636 g/mol. The number of hydrogen-bond acceptors (Lipinski definition) is 4. The van der Waals surface area contributed by atoms with Gasteiger partial charge in [-0.1, -0.05) is 50.6 Å². The Bertz CT molecular complexity index is 1450. The van der Waals surface area contributed by atoms with Gasteiger partial charge in [-0.25, -0.2) is 4.79 Å². The molecule has 0 saturated carbocycles. The second kappa shape index (κ2) is 14.9. The largest absolute Gasteiger partial charge is 0.490 e. The summed E-state index contributed by atoms with van der Waals surface area (Å²) in [5, 5.41) is 12.1. The summed E-state index contributed by atoms with van der Waals surface area (Å²) < 4.78 is 31.7. The molecule has 1 aliphatic rings. The molecule has 2 aromatic carbocycles. The lowest BCUT2D eigenvalue weighted by atomic mass is 9.88. The minimum Gasteiger partial charge on any atom is -0.475 e. The van der Waals surface area contributed by atoms with Crippen molar-refractivity contribution in [3.05, 3.63) is 64.8 Å². The zero-order valence-corrected chi connectivity index (χ0v) is 26.3. The molecule has 0 bridgehead atoms. The van der Waals surface area contributed by atoms with Gasteiger partial charge in [-0.2, -0.15) is 13.2 Å². The number of aliphatic carboxylic acids is 1. The fraction of sp³-hybridized carbons (Fsp3) is 0.469. The number of fused-ring (bicyclic) bond motifs is 2. The third-order valence-electron chi connectivity index (χ3n) is 7.95. The van der Waals surface area contributed by atoms with Gasteiger partial charge in [0, 0.05) is 52.7 Å². The van der Waals surface area contributed by atoms with Crippen LogP contribution in [0.5, 0.6) is 0 Å². The van der Waals surface area contributed by atoms with Gasteiger partial charge in [0.05, 0.1) is 0 Å². The van der Waals surface area contributed by atoms with Crippen LogP contribution in [0, 0.1) is 11.8 Å². The first kappa shape index (κ1) is 34.9. The molecule has 0 fully saturated rings. The number of hydrogen-bond donors (Lipinski definition) is 3. The first-order chi connectivity index (χ1) is 20.7. The van der Waals surface area contributed by atoms with Gasteiger partial charge in [0.25, 0.3) is 0 Å². The van der Waals surface area contributed by atoms with Crippen LogP contribution in [0.4, 0.5) is 18.9 Å². The molecule has 2 heterocycles. The van der Waals surface area contributed by atoms with Gasteiger partial charge >= 0.3 is 12.1 Å². The maximum Gasteiger partial charge on any atom is 0.490 e. The Morgan fingerprint density at radius 1 is 1.14 bits per heavy atom. The van der Waals surface area contributed by atoms with Crippen molar-refractivity contribution in [1.29, 1.82) is 0 Å². The third kappa shape index (κ3) is 8.53. The summed E-state index contributed by atoms with van der Waals surface area (Å²) in [6.07, 6.45) is -0.778. The first-order valence-electron chi connectivity index (χ1n) is 14.6. The normalized spacial score (nSPS) is 16.2.